The zero-order valence-corrected chi connectivity index (χ0v) is 11.8. The molecule has 0 unspecified atom stereocenters. The summed E-state index contributed by atoms with van der Waals surface area (Å²) in [5, 5.41) is 3.95. The smallest absolute Gasteiger partial charge is 0.228 e. The van der Waals surface area contributed by atoms with E-state index in [4.69, 9.17) is 0 Å². The van der Waals surface area contributed by atoms with Crippen molar-refractivity contribution in [1.82, 2.24) is 4.98 Å². The lowest BCUT2D eigenvalue weighted by atomic mass is 10.1. The Bertz CT molecular complexity index is 782. The van der Waals surface area contributed by atoms with Crippen LogP contribution in [0, 0.1) is 6.92 Å². The van der Waals surface area contributed by atoms with Crippen molar-refractivity contribution >= 4 is 22.5 Å². The summed E-state index contributed by atoms with van der Waals surface area (Å²) in [6.07, 6.45) is 2.14. The fourth-order valence-corrected chi connectivity index (χ4v) is 2.40. The second-order valence-electron chi connectivity index (χ2n) is 5.04. The van der Waals surface area contributed by atoms with Gasteiger partial charge in [0.1, 0.15) is 0 Å². The summed E-state index contributed by atoms with van der Waals surface area (Å²) < 4.78 is 0. The topological polar surface area (TPSA) is 42.0 Å². The van der Waals surface area contributed by atoms with Gasteiger partial charge in [-0.15, -0.1) is 0 Å². The number of nitrogens with zero attached hydrogens (tertiary/aromatic N) is 1. The van der Waals surface area contributed by atoms with E-state index < -0.39 is 0 Å². The number of pyridine rings is 1. The Hall–Kier alpha value is -2.68. The lowest BCUT2D eigenvalue weighted by molar-refractivity contribution is -0.115. The van der Waals surface area contributed by atoms with E-state index in [0.717, 1.165) is 27.7 Å². The number of aromatic nitrogens is 1. The van der Waals surface area contributed by atoms with Gasteiger partial charge >= 0.3 is 0 Å². The van der Waals surface area contributed by atoms with E-state index in [0.29, 0.717) is 6.42 Å². The Morgan fingerprint density at radius 1 is 1.05 bits per heavy atom. The van der Waals surface area contributed by atoms with Crippen LogP contribution in [0.5, 0.6) is 0 Å². The molecular weight excluding hydrogens is 260 g/mol. The van der Waals surface area contributed by atoms with Gasteiger partial charge in [0.05, 0.1) is 17.6 Å². The maximum Gasteiger partial charge on any atom is 0.228 e. The molecule has 0 aliphatic carbocycles. The summed E-state index contributed by atoms with van der Waals surface area (Å²) in [6, 6.07) is 17.5. The first kappa shape index (κ1) is 13.3. The second kappa shape index (κ2) is 5.75. The summed E-state index contributed by atoms with van der Waals surface area (Å²) >= 11 is 0. The predicted octanol–water partition coefficient (Wildman–Crippen LogP) is 3.72. The Balaban J connectivity index is 1.85. The van der Waals surface area contributed by atoms with Gasteiger partial charge in [0.2, 0.25) is 5.91 Å². The van der Waals surface area contributed by atoms with Crippen LogP contribution < -0.4 is 5.32 Å². The van der Waals surface area contributed by atoms with Crippen molar-refractivity contribution < 1.29 is 4.79 Å². The van der Waals surface area contributed by atoms with Crippen LogP contribution in [0.2, 0.25) is 0 Å². The van der Waals surface area contributed by atoms with E-state index in [1.165, 1.54) is 0 Å². The molecule has 0 aliphatic rings. The van der Waals surface area contributed by atoms with E-state index in [1.807, 2.05) is 61.5 Å². The van der Waals surface area contributed by atoms with E-state index >= 15 is 0 Å². The number of hydrogen-bond donors (Lipinski definition) is 1. The van der Waals surface area contributed by atoms with E-state index in [2.05, 4.69) is 10.3 Å². The third-order valence-corrected chi connectivity index (χ3v) is 3.45. The number of anilines is 1. The van der Waals surface area contributed by atoms with Gasteiger partial charge in [-0.05, 0) is 36.2 Å². The highest BCUT2D eigenvalue weighted by molar-refractivity contribution is 6.02. The third kappa shape index (κ3) is 2.92. The lowest BCUT2D eigenvalue weighted by Crippen LogP contribution is -2.14. The van der Waals surface area contributed by atoms with Crippen LogP contribution in [0.15, 0.2) is 60.8 Å². The molecule has 3 heteroatoms. The van der Waals surface area contributed by atoms with Crippen molar-refractivity contribution in [3.63, 3.8) is 0 Å². The number of fused-ring (bicyclic) bond motifs is 1. The van der Waals surface area contributed by atoms with Gasteiger partial charge in [-0.1, -0.05) is 36.4 Å². The van der Waals surface area contributed by atoms with Crippen LogP contribution in [0.25, 0.3) is 10.9 Å². The van der Waals surface area contributed by atoms with Gasteiger partial charge in [0, 0.05) is 11.6 Å². The lowest BCUT2D eigenvalue weighted by Gasteiger charge is -2.10. The molecule has 0 bridgehead atoms. The molecule has 0 atom stereocenters. The average molecular weight is 276 g/mol. The van der Waals surface area contributed by atoms with E-state index in [1.54, 1.807) is 6.20 Å². The maximum absolute atomic E-state index is 12.2. The fourth-order valence-electron chi connectivity index (χ4n) is 2.40. The van der Waals surface area contributed by atoms with Gasteiger partial charge in [-0.2, -0.15) is 0 Å². The number of aryl methyl sites for hydroxylation is 1. The monoisotopic (exact) mass is 276 g/mol. The molecule has 21 heavy (non-hydrogen) atoms. The standard InChI is InChI=1S/C18H16N2O/c1-13-9-10-16(15-8-5-11-19-18(13)15)20-17(21)12-14-6-3-2-4-7-14/h2-11H,12H2,1H3,(H,20,21). The van der Waals surface area contributed by atoms with Crippen LogP contribution in [0.1, 0.15) is 11.1 Å². The van der Waals surface area contributed by atoms with E-state index in [-0.39, 0.29) is 5.91 Å². The van der Waals surface area contributed by atoms with Crippen molar-refractivity contribution in [2.75, 3.05) is 5.32 Å². The number of amides is 1. The van der Waals surface area contributed by atoms with E-state index in [9.17, 15) is 4.79 Å². The molecule has 2 aromatic carbocycles. The number of rotatable bonds is 3. The number of hydrogen-bond acceptors (Lipinski definition) is 2. The molecule has 3 rings (SSSR count). The van der Waals surface area contributed by atoms with Crippen molar-refractivity contribution in [1.29, 1.82) is 0 Å². The molecule has 1 heterocycles. The Kier molecular flexibility index (Phi) is 3.65. The summed E-state index contributed by atoms with van der Waals surface area (Å²) in [5.74, 6) is -0.0183. The summed E-state index contributed by atoms with van der Waals surface area (Å²) in [5.41, 5.74) is 3.84. The summed E-state index contributed by atoms with van der Waals surface area (Å²) in [6.45, 7) is 2.02. The quantitative estimate of drug-likeness (QED) is 0.792. The largest absolute Gasteiger partial charge is 0.325 e. The van der Waals surface area contributed by atoms with Crippen molar-refractivity contribution in [2.45, 2.75) is 13.3 Å². The number of carbonyl (C=O) groups excluding carboxylic acids is 1. The molecule has 3 nitrogen and oxygen atoms in total. The Labute approximate surface area is 123 Å². The predicted molar refractivity (Wildman–Crippen MR) is 85.3 cm³/mol. The number of benzene rings is 2. The fraction of sp³-hybridized carbons (Fsp3) is 0.111. The molecule has 0 aliphatic heterocycles. The van der Waals surface area contributed by atoms with Gasteiger partial charge in [-0.3, -0.25) is 9.78 Å². The summed E-state index contributed by atoms with van der Waals surface area (Å²) in [4.78, 5) is 16.6. The Morgan fingerprint density at radius 2 is 1.86 bits per heavy atom. The zero-order chi connectivity index (χ0) is 14.7. The minimum Gasteiger partial charge on any atom is -0.325 e. The highest BCUT2D eigenvalue weighted by atomic mass is 16.1. The average Bonchev–Trinajstić information content (AvgIpc) is 2.51. The molecule has 0 radical (unpaired) electrons. The zero-order valence-electron chi connectivity index (χ0n) is 11.8. The summed E-state index contributed by atoms with van der Waals surface area (Å²) in [7, 11) is 0. The highest BCUT2D eigenvalue weighted by Crippen LogP contribution is 2.24. The molecule has 104 valence electrons. The SMILES string of the molecule is Cc1ccc(NC(=O)Cc2ccccc2)c2cccnc12. The van der Waals surface area contributed by atoms with Gasteiger partial charge in [0.25, 0.3) is 0 Å². The molecule has 0 spiro atoms. The molecular formula is C18H16N2O. The molecule has 3 aromatic rings. The van der Waals surface area contributed by atoms with Crippen LogP contribution >= 0.6 is 0 Å². The second-order valence-corrected chi connectivity index (χ2v) is 5.04. The molecule has 0 saturated carbocycles. The van der Waals surface area contributed by atoms with Crippen molar-refractivity contribution in [3.05, 3.63) is 71.9 Å². The highest BCUT2D eigenvalue weighted by Gasteiger charge is 2.08. The maximum atomic E-state index is 12.2. The third-order valence-electron chi connectivity index (χ3n) is 3.45. The van der Waals surface area contributed by atoms with Gasteiger partial charge in [-0.25, -0.2) is 0 Å². The van der Waals surface area contributed by atoms with Gasteiger partial charge < -0.3 is 5.32 Å². The normalized spacial score (nSPS) is 10.5. The molecule has 0 fully saturated rings. The molecule has 0 saturated heterocycles. The Morgan fingerprint density at radius 3 is 2.67 bits per heavy atom. The molecule has 1 amide bonds. The van der Waals surface area contributed by atoms with Crippen LogP contribution in [-0.2, 0) is 11.2 Å². The van der Waals surface area contributed by atoms with Crippen LogP contribution in [0.4, 0.5) is 5.69 Å². The van der Waals surface area contributed by atoms with Crippen molar-refractivity contribution in [3.8, 4) is 0 Å². The van der Waals surface area contributed by atoms with Crippen LogP contribution in [0.3, 0.4) is 0 Å². The van der Waals surface area contributed by atoms with Gasteiger partial charge in [0.15, 0.2) is 0 Å². The molecule has 1 aromatic heterocycles. The first-order valence-electron chi connectivity index (χ1n) is 6.92. The van der Waals surface area contributed by atoms with Crippen LogP contribution in [-0.4, -0.2) is 10.9 Å². The number of carbonyl (C=O) groups is 1. The minimum atomic E-state index is -0.0183. The first-order valence-corrected chi connectivity index (χ1v) is 6.92. The minimum absolute atomic E-state index is 0.0183. The first-order chi connectivity index (χ1) is 10.2. The number of nitrogens with one attached hydrogen (secondary N) is 1. The van der Waals surface area contributed by atoms with Crippen molar-refractivity contribution in [2.24, 2.45) is 0 Å². The molecule has 1 N–H and O–H groups in total.